The number of halogens is 1. The average Bonchev–Trinajstić information content (AvgIpc) is 3.31. The van der Waals surface area contributed by atoms with E-state index in [1.165, 1.54) is 6.33 Å². The molecule has 162 valence electrons. The summed E-state index contributed by atoms with van der Waals surface area (Å²) in [7, 11) is 0. The predicted octanol–water partition coefficient (Wildman–Crippen LogP) is 4.61. The second-order valence-corrected chi connectivity index (χ2v) is 8.41. The number of rotatable bonds is 4. The maximum absolute atomic E-state index is 12.9. The van der Waals surface area contributed by atoms with Gasteiger partial charge in [-0.3, -0.25) is 4.79 Å². The first-order valence-electron chi connectivity index (χ1n) is 10.7. The molecule has 2 aromatic carbocycles. The number of hydrogen-bond acceptors (Lipinski definition) is 5. The normalized spacial score (nSPS) is 14.6. The third-order valence-electron chi connectivity index (χ3n) is 6.02. The van der Waals surface area contributed by atoms with Crippen molar-refractivity contribution < 1.29 is 4.79 Å². The van der Waals surface area contributed by atoms with E-state index < -0.39 is 0 Å². The molecule has 1 saturated heterocycles. The lowest BCUT2D eigenvalue weighted by Gasteiger charge is -2.33. The molecule has 3 heterocycles. The number of carbonyl (C=O) groups excluding carboxylic acids is 1. The predicted molar refractivity (Wildman–Crippen MR) is 126 cm³/mol. The summed E-state index contributed by atoms with van der Waals surface area (Å²) in [5.74, 6) is 1.50. The van der Waals surface area contributed by atoms with Crippen molar-refractivity contribution in [1.82, 2.24) is 19.6 Å². The topological polar surface area (TPSA) is 75.4 Å². The highest BCUT2D eigenvalue weighted by Crippen LogP contribution is 2.29. The summed E-state index contributed by atoms with van der Waals surface area (Å²) in [6.07, 6.45) is 3.03. The Balaban J connectivity index is 1.33. The van der Waals surface area contributed by atoms with Crippen LogP contribution in [0.25, 0.3) is 17.0 Å². The number of aromatic nitrogens is 4. The minimum Gasteiger partial charge on any atom is -0.356 e. The number of nitrogens with zero attached hydrogens (tertiary/aromatic N) is 5. The van der Waals surface area contributed by atoms with Crippen LogP contribution in [0.2, 0.25) is 5.02 Å². The fourth-order valence-corrected chi connectivity index (χ4v) is 4.30. The quantitative estimate of drug-likeness (QED) is 0.495. The number of benzene rings is 2. The number of piperidine rings is 1. The van der Waals surface area contributed by atoms with E-state index >= 15 is 0 Å². The van der Waals surface area contributed by atoms with Gasteiger partial charge in [-0.05, 0) is 37.5 Å². The third kappa shape index (κ3) is 3.91. The molecule has 0 saturated carbocycles. The second-order valence-electron chi connectivity index (χ2n) is 8.00. The summed E-state index contributed by atoms with van der Waals surface area (Å²) in [6, 6.07) is 17.7. The van der Waals surface area contributed by atoms with Crippen molar-refractivity contribution in [2.24, 2.45) is 5.92 Å². The van der Waals surface area contributed by atoms with Crippen LogP contribution < -0.4 is 10.2 Å². The number of hydrogen-bond donors (Lipinski definition) is 1. The molecule has 1 fully saturated rings. The van der Waals surface area contributed by atoms with E-state index in [-0.39, 0.29) is 11.8 Å². The van der Waals surface area contributed by atoms with Gasteiger partial charge in [0.05, 0.1) is 5.69 Å². The van der Waals surface area contributed by atoms with Crippen molar-refractivity contribution in [3.8, 4) is 11.3 Å². The first-order chi connectivity index (χ1) is 15.6. The number of fused-ring (bicyclic) bond motifs is 1. The van der Waals surface area contributed by atoms with Gasteiger partial charge in [0, 0.05) is 41.3 Å². The van der Waals surface area contributed by atoms with Crippen molar-refractivity contribution in [3.05, 3.63) is 71.5 Å². The second kappa shape index (κ2) is 8.59. The molecule has 0 bridgehead atoms. The van der Waals surface area contributed by atoms with Gasteiger partial charge in [0.25, 0.3) is 5.78 Å². The van der Waals surface area contributed by atoms with Crippen molar-refractivity contribution >= 4 is 34.8 Å². The molecule has 1 N–H and O–H groups in total. The third-order valence-corrected chi connectivity index (χ3v) is 6.43. The van der Waals surface area contributed by atoms with Gasteiger partial charge in [0.2, 0.25) is 5.91 Å². The Kier molecular flexibility index (Phi) is 5.49. The maximum Gasteiger partial charge on any atom is 0.254 e. The van der Waals surface area contributed by atoms with Gasteiger partial charge >= 0.3 is 0 Å². The molecule has 0 aliphatic carbocycles. The first kappa shape index (κ1) is 20.5. The Labute approximate surface area is 191 Å². The van der Waals surface area contributed by atoms with Crippen molar-refractivity contribution in [3.63, 3.8) is 0 Å². The lowest BCUT2D eigenvalue weighted by Crippen LogP contribution is -2.39. The van der Waals surface area contributed by atoms with Crippen molar-refractivity contribution in [2.45, 2.75) is 19.8 Å². The van der Waals surface area contributed by atoms with Gasteiger partial charge in [-0.25, -0.2) is 4.98 Å². The van der Waals surface area contributed by atoms with Crippen LogP contribution in [0.5, 0.6) is 0 Å². The van der Waals surface area contributed by atoms with Gasteiger partial charge in [-0.1, -0.05) is 48.0 Å². The molecule has 4 aromatic rings. The summed E-state index contributed by atoms with van der Waals surface area (Å²) in [4.78, 5) is 24.1. The van der Waals surface area contributed by atoms with Crippen LogP contribution in [-0.4, -0.2) is 38.6 Å². The zero-order valence-corrected chi connectivity index (χ0v) is 18.5. The number of anilines is 2. The highest BCUT2D eigenvalue weighted by molar-refractivity contribution is 6.31. The Bertz CT molecular complexity index is 1260. The van der Waals surface area contributed by atoms with E-state index in [2.05, 4.69) is 25.3 Å². The zero-order valence-electron chi connectivity index (χ0n) is 17.7. The SMILES string of the molecule is Cc1c(Cl)cccc1NC(=O)C1CCN(c2cc(-c3ccccc3)nc3ncnn23)CC1. The highest BCUT2D eigenvalue weighted by Gasteiger charge is 2.27. The molecule has 0 spiro atoms. The molecule has 7 nitrogen and oxygen atoms in total. The van der Waals surface area contributed by atoms with E-state index in [1.807, 2.05) is 61.5 Å². The van der Waals surface area contributed by atoms with Crippen LogP contribution in [-0.2, 0) is 4.79 Å². The molecule has 1 aliphatic rings. The highest BCUT2D eigenvalue weighted by atomic mass is 35.5. The van der Waals surface area contributed by atoms with Gasteiger partial charge in [-0.2, -0.15) is 14.6 Å². The number of nitrogens with one attached hydrogen (secondary N) is 1. The van der Waals surface area contributed by atoms with E-state index in [0.29, 0.717) is 10.8 Å². The molecular weight excluding hydrogens is 424 g/mol. The van der Waals surface area contributed by atoms with Gasteiger partial charge in [-0.15, -0.1) is 0 Å². The Morgan fingerprint density at radius 2 is 1.88 bits per heavy atom. The molecule has 32 heavy (non-hydrogen) atoms. The Hall–Kier alpha value is -3.45. The fourth-order valence-electron chi connectivity index (χ4n) is 4.13. The minimum atomic E-state index is -0.0497. The lowest BCUT2D eigenvalue weighted by atomic mass is 9.95. The molecular formula is C24H23ClN6O. The molecule has 8 heteroatoms. The first-order valence-corrected chi connectivity index (χ1v) is 11.0. The van der Waals surface area contributed by atoms with Crippen LogP contribution in [0.15, 0.2) is 60.9 Å². The molecule has 2 aromatic heterocycles. The Morgan fingerprint density at radius 1 is 1.09 bits per heavy atom. The summed E-state index contributed by atoms with van der Waals surface area (Å²) in [5, 5.41) is 8.07. The largest absolute Gasteiger partial charge is 0.356 e. The van der Waals surface area contributed by atoms with Crippen LogP contribution in [0.1, 0.15) is 18.4 Å². The molecule has 1 aliphatic heterocycles. The minimum absolute atomic E-state index is 0.0422. The molecule has 5 rings (SSSR count). The Morgan fingerprint density at radius 3 is 2.66 bits per heavy atom. The van der Waals surface area contributed by atoms with Gasteiger partial charge < -0.3 is 10.2 Å². The maximum atomic E-state index is 12.9. The monoisotopic (exact) mass is 446 g/mol. The van der Waals surface area contributed by atoms with Crippen LogP contribution in [0.3, 0.4) is 0 Å². The van der Waals surface area contributed by atoms with Gasteiger partial charge in [0.1, 0.15) is 12.1 Å². The average molecular weight is 447 g/mol. The van der Waals surface area contributed by atoms with Crippen molar-refractivity contribution in [2.75, 3.05) is 23.3 Å². The smallest absolute Gasteiger partial charge is 0.254 e. The van der Waals surface area contributed by atoms with Crippen molar-refractivity contribution in [1.29, 1.82) is 0 Å². The zero-order chi connectivity index (χ0) is 22.1. The van der Waals surface area contributed by atoms with Gasteiger partial charge in [0.15, 0.2) is 0 Å². The number of carbonyl (C=O) groups is 1. The molecule has 0 atom stereocenters. The van der Waals surface area contributed by atoms with Crippen LogP contribution >= 0.6 is 11.6 Å². The molecule has 0 unspecified atom stereocenters. The van der Waals surface area contributed by atoms with E-state index in [9.17, 15) is 4.79 Å². The van der Waals surface area contributed by atoms with E-state index in [0.717, 1.165) is 54.3 Å². The lowest BCUT2D eigenvalue weighted by molar-refractivity contribution is -0.120. The van der Waals surface area contributed by atoms with Crippen LogP contribution in [0, 0.1) is 12.8 Å². The number of amides is 1. The fraction of sp³-hybridized carbons (Fsp3) is 0.250. The van der Waals surface area contributed by atoms with E-state index in [4.69, 9.17) is 11.6 Å². The molecule has 0 radical (unpaired) electrons. The molecule has 1 amide bonds. The van der Waals surface area contributed by atoms with Crippen LogP contribution in [0.4, 0.5) is 11.5 Å². The van der Waals surface area contributed by atoms with E-state index in [1.54, 1.807) is 4.52 Å². The summed E-state index contributed by atoms with van der Waals surface area (Å²) >= 11 is 6.19. The summed E-state index contributed by atoms with van der Waals surface area (Å²) in [6.45, 7) is 3.41. The summed E-state index contributed by atoms with van der Waals surface area (Å²) < 4.78 is 1.77. The summed E-state index contributed by atoms with van der Waals surface area (Å²) in [5.41, 5.74) is 3.55. The standard InChI is InChI=1S/C24H23ClN6O/c1-16-19(25)8-5-9-20(16)28-23(32)18-10-12-30(13-11-18)22-14-21(17-6-3-2-4-7-17)29-24-26-15-27-31(22)24/h2-9,14-15,18H,10-13H2,1H3,(H,28,32).